The van der Waals surface area contributed by atoms with Gasteiger partial charge in [0.05, 0.1) is 0 Å². The van der Waals surface area contributed by atoms with E-state index in [1.54, 1.807) is 0 Å². The zero-order valence-corrected chi connectivity index (χ0v) is 12.8. The van der Waals surface area contributed by atoms with Gasteiger partial charge in [-0.3, -0.25) is 0 Å². The summed E-state index contributed by atoms with van der Waals surface area (Å²) >= 11 is 12.0. The van der Waals surface area contributed by atoms with E-state index in [0.717, 1.165) is 18.0 Å². The van der Waals surface area contributed by atoms with E-state index < -0.39 is 0 Å². The van der Waals surface area contributed by atoms with Crippen LogP contribution < -0.4 is 5.32 Å². The summed E-state index contributed by atoms with van der Waals surface area (Å²) in [5, 5.41) is 4.94. The number of aryl methyl sites for hydroxylation is 1. The Balaban J connectivity index is 2.11. The van der Waals surface area contributed by atoms with Crippen LogP contribution in [0.25, 0.3) is 0 Å². The smallest absolute Gasteiger partial charge is 0.0452 e. The average molecular weight is 288 g/mol. The minimum atomic E-state index is 0.595. The summed E-state index contributed by atoms with van der Waals surface area (Å²) in [6, 6.07) is 6.36. The maximum absolute atomic E-state index is 6.13. The summed E-state index contributed by atoms with van der Waals surface area (Å²) in [4.78, 5) is 0. The molecule has 18 heavy (non-hydrogen) atoms. The molecule has 0 atom stereocenters. The fourth-order valence-corrected chi connectivity index (χ4v) is 2.41. The van der Waals surface area contributed by atoms with Crippen LogP contribution in [0.1, 0.15) is 45.1 Å². The summed E-state index contributed by atoms with van der Waals surface area (Å²) in [5.74, 6) is 0. The summed E-state index contributed by atoms with van der Waals surface area (Å²) in [6.07, 6.45) is 6.05. The highest BCUT2D eigenvalue weighted by Crippen LogP contribution is 2.22. The summed E-state index contributed by atoms with van der Waals surface area (Å²) in [6.45, 7) is 5.49. The van der Waals surface area contributed by atoms with Crippen molar-refractivity contribution in [2.45, 2.75) is 52.0 Å². The van der Waals surface area contributed by atoms with Crippen LogP contribution in [0.3, 0.4) is 0 Å². The third-order valence-electron chi connectivity index (χ3n) is 2.94. The van der Waals surface area contributed by atoms with Gasteiger partial charge in [0.15, 0.2) is 0 Å². The standard InChI is InChI=1S/C15H23Cl2N/c1-12(2)18-10-6-4-3-5-7-13-8-9-14(16)11-15(13)17/h8-9,11-12,18H,3-7,10H2,1-2H3. The van der Waals surface area contributed by atoms with Gasteiger partial charge in [0, 0.05) is 16.1 Å². The lowest BCUT2D eigenvalue weighted by atomic mass is 10.1. The molecule has 1 rings (SSSR count). The van der Waals surface area contributed by atoms with Crippen molar-refractivity contribution in [1.29, 1.82) is 0 Å². The first-order valence-electron chi connectivity index (χ1n) is 6.77. The minimum Gasteiger partial charge on any atom is -0.315 e. The number of unbranched alkanes of at least 4 members (excludes halogenated alkanes) is 3. The Bertz CT molecular complexity index is 350. The van der Waals surface area contributed by atoms with Crippen LogP contribution in [0.4, 0.5) is 0 Å². The van der Waals surface area contributed by atoms with Crippen molar-refractivity contribution in [2.24, 2.45) is 0 Å². The van der Waals surface area contributed by atoms with E-state index >= 15 is 0 Å². The molecule has 0 aliphatic heterocycles. The van der Waals surface area contributed by atoms with Crippen LogP contribution >= 0.6 is 23.2 Å². The molecule has 1 N–H and O–H groups in total. The molecule has 0 heterocycles. The van der Waals surface area contributed by atoms with Crippen LogP contribution in [-0.2, 0) is 6.42 Å². The molecule has 0 saturated heterocycles. The van der Waals surface area contributed by atoms with E-state index in [1.165, 1.54) is 31.2 Å². The number of hydrogen-bond acceptors (Lipinski definition) is 1. The zero-order chi connectivity index (χ0) is 13.4. The Hall–Kier alpha value is -0.240. The minimum absolute atomic E-state index is 0.595. The molecule has 0 radical (unpaired) electrons. The third-order valence-corrected chi connectivity index (χ3v) is 3.53. The van der Waals surface area contributed by atoms with Crippen molar-refractivity contribution in [3.05, 3.63) is 33.8 Å². The highest BCUT2D eigenvalue weighted by molar-refractivity contribution is 6.35. The molecule has 102 valence electrons. The molecule has 0 saturated carbocycles. The predicted molar refractivity (Wildman–Crippen MR) is 81.8 cm³/mol. The molecule has 0 fully saturated rings. The maximum Gasteiger partial charge on any atom is 0.0452 e. The second kappa shape index (κ2) is 8.79. The average Bonchev–Trinajstić information content (AvgIpc) is 2.30. The monoisotopic (exact) mass is 287 g/mol. The van der Waals surface area contributed by atoms with Crippen molar-refractivity contribution in [3.63, 3.8) is 0 Å². The van der Waals surface area contributed by atoms with Crippen LogP contribution in [-0.4, -0.2) is 12.6 Å². The van der Waals surface area contributed by atoms with E-state index in [2.05, 4.69) is 19.2 Å². The van der Waals surface area contributed by atoms with Gasteiger partial charge in [-0.05, 0) is 43.5 Å². The lowest BCUT2D eigenvalue weighted by Crippen LogP contribution is -2.23. The largest absolute Gasteiger partial charge is 0.315 e. The molecule has 0 aliphatic carbocycles. The summed E-state index contributed by atoms with van der Waals surface area (Å²) in [7, 11) is 0. The summed E-state index contributed by atoms with van der Waals surface area (Å²) in [5.41, 5.74) is 1.21. The topological polar surface area (TPSA) is 12.0 Å². The number of benzene rings is 1. The molecule has 1 aromatic carbocycles. The van der Waals surface area contributed by atoms with Crippen LogP contribution in [0, 0.1) is 0 Å². The van der Waals surface area contributed by atoms with Crippen LogP contribution in [0.5, 0.6) is 0 Å². The fourth-order valence-electron chi connectivity index (χ4n) is 1.91. The Morgan fingerprint density at radius 1 is 1.06 bits per heavy atom. The van der Waals surface area contributed by atoms with Gasteiger partial charge < -0.3 is 5.32 Å². The number of rotatable bonds is 8. The van der Waals surface area contributed by atoms with Crippen molar-refractivity contribution in [2.75, 3.05) is 6.54 Å². The van der Waals surface area contributed by atoms with Crippen molar-refractivity contribution < 1.29 is 0 Å². The molecular weight excluding hydrogens is 265 g/mol. The number of nitrogens with one attached hydrogen (secondary N) is 1. The first-order chi connectivity index (χ1) is 8.59. The normalized spacial score (nSPS) is 11.2. The third kappa shape index (κ3) is 6.63. The molecule has 3 heteroatoms. The highest BCUT2D eigenvalue weighted by Gasteiger charge is 2.01. The van der Waals surface area contributed by atoms with E-state index in [0.29, 0.717) is 11.1 Å². The second-order valence-corrected chi connectivity index (χ2v) is 5.85. The molecule has 0 unspecified atom stereocenters. The van der Waals surface area contributed by atoms with Gasteiger partial charge in [-0.15, -0.1) is 0 Å². The molecule has 1 nitrogen and oxygen atoms in total. The zero-order valence-electron chi connectivity index (χ0n) is 11.3. The van der Waals surface area contributed by atoms with Gasteiger partial charge in [0.1, 0.15) is 0 Å². The maximum atomic E-state index is 6.13. The Labute approximate surface area is 121 Å². The molecular formula is C15H23Cl2N. The van der Waals surface area contributed by atoms with E-state index in [9.17, 15) is 0 Å². The second-order valence-electron chi connectivity index (χ2n) is 5.01. The first-order valence-corrected chi connectivity index (χ1v) is 7.52. The van der Waals surface area contributed by atoms with Crippen molar-refractivity contribution in [3.8, 4) is 0 Å². The van der Waals surface area contributed by atoms with Gasteiger partial charge in [-0.1, -0.05) is 56.0 Å². The Kier molecular flexibility index (Phi) is 7.73. The number of hydrogen-bond donors (Lipinski definition) is 1. The Morgan fingerprint density at radius 3 is 2.44 bits per heavy atom. The molecule has 1 aromatic rings. The van der Waals surface area contributed by atoms with E-state index in [-0.39, 0.29) is 0 Å². The van der Waals surface area contributed by atoms with Crippen LogP contribution in [0.15, 0.2) is 18.2 Å². The van der Waals surface area contributed by atoms with Gasteiger partial charge in [-0.25, -0.2) is 0 Å². The fraction of sp³-hybridized carbons (Fsp3) is 0.600. The van der Waals surface area contributed by atoms with Crippen molar-refractivity contribution >= 4 is 23.2 Å². The Morgan fingerprint density at radius 2 is 1.78 bits per heavy atom. The molecule has 0 bridgehead atoms. The predicted octanol–water partition coefficient (Wildman–Crippen LogP) is 5.09. The first kappa shape index (κ1) is 15.8. The number of halogens is 2. The van der Waals surface area contributed by atoms with Crippen LogP contribution in [0.2, 0.25) is 10.0 Å². The van der Waals surface area contributed by atoms with E-state index in [4.69, 9.17) is 23.2 Å². The van der Waals surface area contributed by atoms with Gasteiger partial charge in [0.2, 0.25) is 0 Å². The summed E-state index contributed by atoms with van der Waals surface area (Å²) < 4.78 is 0. The van der Waals surface area contributed by atoms with E-state index in [1.807, 2.05) is 18.2 Å². The SMILES string of the molecule is CC(C)NCCCCCCc1ccc(Cl)cc1Cl. The molecule has 0 amide bonds. The highest BCUT2D eigenvalue weighted by atomic mass is 35.5. The quantitative estimate of drug-likeness (QED) is 0.657. The van der Waals surface area contributed by atoms with Gasteiger partial charge in [-0.2, -0.15) is 0 Å². The van der Waals surface area contributed by atoms with Gasteiger partial charge in [0.25, 0.3) is 0 Å². The molecule has 0 aromatic heterocycles. The molecule has 0 spiro atoms. The van der Waals surface area contributed by atoms with Gasteiger partial charge >= 0.3 is 0 Å². The molecule has 0 aliphatic rings. The lowest BCUT2D eigenvalue weighted by Gasteiger charge is -2.08. The van der Waals surface area contributed by atoms with Crippen molar-refractivity contribution in [1.82, 2.24) is 5.32 Å². The lowest BCUT2D eigenvalue weighted by molar-refractivity contribution is 0.542.